The zero-order valence-corrected chi connectivity index (χ0v) is 16.8. The van der Waals surface area contributed by atoms with E-state index in [1.54, 1.807) is 35.2 Å². The summed E-state index contributed by atoms with van der Waals surface area (Å²) in [5.41, 5.74) is -0.188. The lowest BCUT2D eigenvalue weighted by Crippen LogP contribution is -2.58. The van der Waals surface area contributed by atoms with Crippen molar-refractivity contribution in [2.45, 2.75) is 44.8 Å². The molecule has 26 heavy (non-hydrogen) atoms. The van der Waals surface area contributed by atoms with Gasteiger partial charge in [-0.15, -0.1) is 0 Å². The smallest absolute Gasteiger partial charge is 0.265 e. The minimum absolute atomic E-state index is 0.0548. The van der Waals surface area contributed by atoms with E-state index in [1.807, 2.05) is 19.1 Å². The molecule has 1 atom stereocenters. The van der Waals surface area contributed by atoms with E-state index in [0.717, 1.165) is 15.6 Å². The predicted octanol–water partition coefficient (Wildman–Crippen LogP) is 5.87. The monoisotopic (exact) mass is 425 g/mol. The number of halogens is 4. The third kappa shape index (κ3) is 3.44. The van der Waals surface area contributed by atoms with Gasteiger partial charge in [-0.3, -0.25) is 4.90 Å². The summed E-state index contributed by atoms with van der Waals surface area (Å²) < 4.78 is 44.9. The van der Waals surface area contributed by atoms with E-state index in [9.17, 15) is 13.2 Å². The molecule has 2 aromatic carbocycles. The highest BCUT2D eigenvalue weighted by Gasteiger charge is 2.52. The van der Waals surface area contributed by atoms with E-state index < -0.39 is 17.6 Å². The molecule has 2 aromatic rings. The molecule has 1 unspecified atom stereocenters. The molecule has 0 saturated heterocycles. The maximum atomic E-state index is 14.8. The maximum Gasteiger partial charge on any atom is 0.265 e. The summed E-state index contributed by atoms with van der Waals surface area (Å²) in [6, 6.07) is 12.6. The van der Waals surface area contributed by atoms with Crippen LogP contribution in [0.15, 0.2) is 46.9 Å². The Morgan fingerprint density at radius 1 is 1.15 bits per heavy atom. The fourth-order valence-electron chi connectivity index (χ4n) is 3.98. The van der Waals surface area contributed by atoms with E-state index in [4.69, 9.17) is 0 Å². The molecule has 1 aliphatic rings. The number of rotatable bonds is 4. The molecule has 0 saturated carbocycles. The molecular formula is C21H23BrF3N. The minimum Gasteiger partial charge on any atom is -0.282 e. The Morgan fingerprint density at radius 2 is 1.81 bits per heavy atom. The molecule has 0 N–H and O–H groups in total. The Balaban J connectivity index is 2.27. The van der Waals surface area contributed by atoms with Crippen molar-refractivity contribution in [3.05, 3.63) is 69.2 Å². The molecule has 0 amide bonds. The molecule has 0 radical (unpaired) electrons. The average molecular weight is 426 g/mol. The molecule has 3 rings (SSSR count). The van der Waals surface area contributed by atoms with Gasteiger partial charge in [-0.1, -0.05) is 51.8 Å². The first-order valence-electron chi connectivity index (χ1n) is 8.73. The number of fused-ring (bicyclic) bond motifs is 1. The second kappa shape index (κ2) is 7.01. The van der Waals surface area contributed by atoms with Gasteiger partial charge < -0.3 is 0 Å². The highest BCUT2D eigenvalue weighted by atomic mass is 79.9. The van der Waals surface area contributed by atoms with Crippen molar-refractivity contribution >= 4 is 15.9 Å². The van der Waals surface area contributed by atoms with Gasteiger partial charge in [0.1, 0.15) is 11.2 Å². The average Bonchev–Trinajstić information content (AvgIpc) is 2.54. The van der Waals surface area contributed by atoms with E-state index in [2.05, 4.69) is 15.9 Å². The van der Waals surface area contributed by atoms with Gasteiger partial charge >= 0.3 is 0 Å². The van der Waals surface area contributed by atoms with E-state index in [-0.39, 0.29) is 6.54 Å². The summed E-state index contributed by atoms with van der Waals surface area (Å²) in [4.78, 5) is 1.62. The zero-order chi connectivity index (χ0) is 19.1. The lowest BCUT2D eigenvalue weighted by atomic mass is 9.75. The van der Waals surface area contributed by atoms with Crippen molar-refractivity contribution in [1.82, 2.24) is 4.90 Å². The number of aryl methyl sites for hydroxylation is 1. The fraction of sp³-hybridized carbons (Fsp3) is 0.429. The van der Waals surface area contributed by atoms with Gasteiger partial charge in [0.05, 0.1) is 0 Å². The van der Waals surface area contributed by atoms with Crippen LogP contribution in [-0.2, 0) is 12.0 Å². The van der Waals surface area contributed by atoms with Gasteiger partial charge in [0.25, 0.3) is 6.43 Å². The molecule has 0 fully saturated rings. The fourth-order valence-corrected chi connectivity index (χ4v) is 4.25. The molecule has 1 aliphatic heterocycles. The summed E-state index contributed by atoms with van der Waals surface area (Å²) >= 11 is 3.37. The van der Waals surface area contributed by atoms with Crippen molar-refractivity contribution in [3.8, 4) is 0 Å². The minimum atomic E-state index is -2.69. The molecule has 1 heterocycles. The lowest BCUT2D eigenvalue weighted by molar-refractivity contribution is -0.0581. The van der Waals surface area contributed by atoms with Crippen LogP contribution < -0.4 is 0 Å². The van der Waals surface area contributed by atoms with Crippen LogP contribution in [0.4, 0.5) is 13.2 Å². The topological polar surface area (TPSA) is 3.24 Å². The van der Waals surface area contributed by atoms with Crippen LogP contribution in [0.5, 0.6) is 0 Å². The summed E-state index contributed by atoms with van der Waals surface area (Å²) in [6.07, 6.45) is -2.05. The second-order valence-corrected chi connectivity index (χ2v) is 8.54. The highest BCUT2D eigenvalue weighted by Crippen LogP contribution is 2.46. The number of nitrogens with zero attached hydrogens (tertiary/aromatic N) is 1. The summed E-state index contributed by atoms with van der Waals surface area (Å²) in [5.74, 6) is 0. The summed E-state index contributed by atoms with van der Waals surface area (Å²) in [6.45, 7) is 5.18. The third-order valence-corrected chi connectivity index (χ3v) is 5.52. The van der Waals surface area contributed by atoms with Gasteiger partial charge in [0, 0.05) is 17.6 Å². The number of alkyl halides is 3. The first-order valence-corrected chi connectivity index (χ1v) is 9.52. The van der Waals surface area contributed by atoms with Crippen LogP contribution in [0, 0.1) is 6.92 Å². The standard InChI is InChI=1S/C21H23BrF3N/c1-14-4-9-18-15(12-14)10-11-26(13-20(2,3)25)21(18,19(23)24)16-5-7-17(22)8-6-16/h4-9,12,19H,10-11,13H2,1-3H3. The third-order valence-electron chi connectivity index (χ3n) is 4.99. The molecule has 140 valence electrons. The Labute approximate surface area is 161 Å². The maximum absolute atomic E-state index is 14.8. The largest absolute Gasteiger partial charge is 0.282 e. The molecule has 0 aromatic heterocycles. The Morgan fingerprint density at radius 3 is 2.38 bits per heavy atom. The van der Waals surface area contributed by atoms with E-state index in [0.29, 0.717) is 24.1 Å². The van der Waals surface area contributed by atoms with Crippen molar-refractivity contribution in [3.63, 3.8) is 0 Å². The summed E-state index contributed by atoms with van der Waals surface area (Å²) in [5, 5.41) is 0. The molecular weight excluding hydrogens is 403 g/mol. The summed E-state index contributed by atoms with van der Waals surface area (Å²) in [7, 11) is 0. The highest BCUT2D eigenvalue weighted by molar-refractivity contribution is 9.10. The number of hydrogen-bond acceptors (Lipinski definition) is 1. The zero-order valence-electron chi connectivity index (χ0n) is 15.2. The Hall–Kier alpha value is -1.33. The van der Waals surface area contributed by atoms with Gasteiger partial charge in [0.2, 0.25) is 0 Å². The van der Waals surface area contributed by atoms with Crippen molar-refractivity contribution < 1.29 is 13.2 Å². The van der Waals surface area contributed by atoms with E-state index in [1.165, 1.54) is 13.8 Å². The molecule has 0 aliphatic carbocycles. The Bertz CT molecular complexity index is 783. The van der Waals surface area contributed by atoms with Crippen LogP contribution in [0.2, 0.25) is 0 Å². The molecule has 5 heteroatoms. The number of hydrogen-bond donors (Lipinski definition) is 0. The molecule has 0 bridgehead atoms. The van der Waals surface area contributed by atoms with Crippen LogP contribution in [-0.4, -0.2) is 30.1 Å². The van der Waals surface area contributed by atoms with Crippen LogP contribution in [0.3, 0.4) is 0 Å². The predicted molar refractivity (Wildman–Crippen MR) is 103 cm³/mol. The SMILES string of the molecule is Cc1ccc2c(c1)CCN(CC(C)(C)F)C2(c1ccc(Br)cc1)C(F)F. The van der Waals surface area contributed by atoms with Crippen LogP contribution in [0.1, 0.15) is 36.1 Å². The second-order valence-electron chi connectivity index (χ2n) is 7.62. The molecule has 1 nitrogen and oxygen atoms in total. The van der Waals surface area contributed by atoms with Gasteiger partial charge in [0.15, 0.2) is 0 Å². The first-order chi connectivity index (χ1) is 12.1. The number of benzene rings is 2. The first kappa shape index (κ1) is 19.4. The molecule has 0 spiro atoms. The normalized spacial score (nSPS) is 21.1. The van der Waals surface area contributed by atoms with Gasteiger partial charge in [-0.2, -0.15) is 0 Å². The quantitative estimate of drug-likeness (QED) is 0.591. The van der Waals surface area contributed by atoms with Crippen LogP contribution in [0.25, 0.3) is 0 Å². The van der Waals surface area contributed by atoms with Crippen molar-refractivity contribution in [2.24, 2.45) is 0 Å². The van der Waals surface area contributed by atoms with Crippen LogP contribution >= 0.6 is 15.9 Å². The van der Waals surface area contributed by atoms with Crippen molar-refractivity contribution in [2.75, 3.05) is 13.1 Å². The lowest BCUT2D eigenvalue weighted by Gasteiger charge is -2.49. The van der Waals surface area contributed by atoms with Gasteiger partial charge in [-0.05, 0) is 56.0 Å². The Kier molecular flexibility index (Phi) is 5.24. The van der Waals surface area contributed by atoms with Gasteiger partial charge in [-0.25, -0.2) is 13.2 Å². The van der Waals surface area contributed by atoms with Crippen molar-refractivity contribution in [1.29, 1.82) is 0 Å². The van der Waals surface area contributed by atoms with E-state index >= 15 is 0 Å².